The second kappa shape index (κ2) is 8.98. The molecule has 2 N–H and O–H groups in total. The number of nitrogens with zero attached hydrogens (tertiary/aromatic N) is 1. The van der Waals surface area contributed by atoms with Crippen molar-refractivity contribution >= 4 is 17.5 Å². The van der Waals surface area contributed by atoms with Gasteiger partial charge in [0.1, 0.15) is 0 Å². The van der Waals surface area contributed by atoms with Crippen molar-refractivity contribution in [2.24, 2.45) is 0 Å². The normalized spacial score (nSPS) is 20.2. The molecule has 2 amide bonds. The highest BCUT2D eigenvalue weighted by Gasteiger charge is 2.35. The number of piperidine rings is 1. The zero-order valence-electron chi connectivity index (χ0n) is 18.2. The maximum atomic E-state index is 12.8. The molecule has 0 radical (unpaired) electrons. The fourth-order valence-corrected chi connectivity index (χ4v) is 4.64. The molecule has 2 heterocycles. The Labute approximate surface area is 182 Å². The summed E-state index contributed by atoms with van der Waals surface area (Å²) in [6, 6.07) is 11.5. The zero-order valence-corrected chi connectivity index (χ0v) is 18.2. The quantitative estimate of drug-likeness (QED) is 0.772. The minimum Gasteiger partial charge on any atom is -0.493 e. The van der Waals surface area contributed by atoms with Gasteiger partial charge < -0.3 is 20.1 Å². The highest BCUT2D eigenvalue weighted by molar-refractivity contribution is 5.95. The number of ether oxygens (including phenoxy) is 2. The van der Waals surface area contributed by atoms with E-state index in [1.54, 1.807) is 38.5 Å². The van der Waals surface area contributed by atoms with Gasteiger partial charge in [0.2, 0.25) is 5.91 Å². The second-order valence-corrected chi connectivity index (χ2v) is 8.16. The van der Waals surface area contributed by atoms with E-state index in [2.05, 4.69) is 27.7 Å². The van der Waals surface area contributed by atoms with Crippen LogP contribution in [0.15, 0.2) is 36.4 Å². The molecule has 0 bridgehead atoms. The van der Waals surface area contributed by atoms with Crippen LogP contribution in [0, 0.1) is 0 Å². The van der Waals surface area contributed by atoms with Crippen molar-refractivity contribution in [2.75, 3.05) is 32.6 Å². The van der Waals surface area contributed by atoms with Crippen LogP contribution in [0.1, 0.15) is 47.3 Å². The van der Waals surface area contributed by atoms with Gasteiger partial charge in [-0.2, -0.15) is 0 Å². The lowest BCUT2D eigenvalue weighted by Crippen LogP contribution is -2.48. The first-order valence-electron chi connectivity index (χ1n) is 10.7. The van der Waals surface area contributed by atoms with Crippen LogP contribution in [0.25, 0.3) is 0 Å². The van der Waals surface area contributed by atoms with Gasteiger partial charge in [-0.25, -0.2) is 0 Å². The average molecular weight is 424 g/mol. The molecule has 1 fully saturated rings. The van der Waals surface area contributed by atoms with Crippen LogP contribution in [0.4, 0.5) is 5.69 Å². The molecule has 0 spiro atoms. The first-order chi connectivity index (χ1) is 15.0. The molecule has 0 aromatic heterocycles. The molecule has 164 valence electrons. The number of hydrogen-bond acceptors (Lipinski definition) is 5. The average Bonchev–Trinajstić information content (AvgIpc) is 2.78. The number of amides is 2. The van der Waals surface area contributed by atoms with Crippen molar-refractivity contribution in [1.29, 1.82) is 0 Å². The summed E-state index contributed by atoms with van der Waals surface area (Å²) in [6.07, 6.45) is 2.77. The van der Waals surface area contributed by atoms with Crippen molar-refractivity contribution in [1.82, 2.24) is 10.2 Å². The maximum Gasteiger partial charge on any atom is 0.251 e. The van der Waals surface area contributed by atoms with Crippen molar-refractivity contribution in [3.05, 3.63) is 53.1 Å². The minimum absolute atomic E-state index is 0.0869. The lowest BCUT2D eigenvalue weighted by atomic mass is 9.84. The molecule has 0 aliphatic carbocycles. The van der Waals surface area contributed by atoms with Gasteiger partial charge in [-0.3, -0.25) is 14.5 Å². The second-order valence-electron chi connectivity index (χ2n) is 8.16. The van der Waals surface area contributed by atoms with E-state index in [0.717, 1.165) is 43.9 Å². The first kappa shape index (κ1) is 21.2. The fourth-order valence-electron chi connectivity index (χ4n) is 4.64. The lowest BCUT2D eigenvalue weighted by molar-refractivity contribution is -0.114. The van der Waals surface area contributed by atoms with Gasteiger partial charge in [-0.1, -0.05) is 0 Å². The molecule has 7 nitrogen and oxygen atoms in total. The Morgan fingerprint density at radius 3 is 2.42 bits per heavy atom. The monoisotopic (exact) mass is 423 g/mol. The van der Waals surface area contributed by atoms with Gasteiger partial charge in [0.25, 0.3) is 5.91 Å². The van der Waals surface area contributed by atoms with E-state index in [9.17, 15) is 9.59 Å². The van der Waals surface area contributed by atoms with Crippen LogP contribution in [0.2, 0.25) is 0 Å². The molecular weight excluding hydrogens is 394 g/mol. The topological polar surface area (TPSA) is 79.9 Å². The van der Waals surface area contributed by atoms with Gasteiger partial charge in [0, 0.05) is 43.3 Å². The third kappa shape index (κ3) is 4.51. The molecule has 1 saturated heterocycles. The summed E-state index contributed by atoms with van der Waals surface area (Å²) in [5.74, 6) is 1.29. The Morgan fingerprint density at radius 2 is 1.74 bits per heavy atom. The van der Waals surface area contributed by atoms with E-state index in [1.807, 2.05) is 0 Å². The molecule has 31 heavy (non-hydrogen) atoms. The summed E-state index contributed by atoms with van der Waals surface area (Å²) in [5.41, 5.74) is 3.83. The molecule has 4 rings (SSSR count). The highest BCUT2D eigenvalue weighted by Crippen LogP contribution is 2.41. The SMILES string of the molecule is COc1cc2c(cc1OC)C1CC(NC(=O)c3ccc(NC(C)=O)cc3)CCN1CC2. The molecule has 7 heteroatoms. The molecule has 2 unspecified atom stereocenters. The van der Waals surface area contributed by atoms with E-state index in [0.29, 0.717) is 11.3 Å². The van der Waals surface area contributed by atoms with E-state index in [1.165, 1.54) is 18.1 Å². The van der Waals surface area contributed by atoms with Crippen LogP contribution in [-0.2, 0) is 11.2 Å². The van der Waals surface area contributed by atoms with Gasteiger partial charge in [-0.15, -0.1) is 0 Å². The third-order valence-corrected chi connectivity index (χ3v) is 6.19. The van der Waals surface area contributed by atoms with Crippen LogP contribution >= 0.6 is 0 Å². The Kier molecular flexibility index (Phi) is 6.13. The summed E-state index contributed by atoms with van der Waals surface area (Å²) in [5, 5.41) is 5.92. The minimum atomic E-state index is -0.133. The maximum absolute atomic E-state index is 12.8. The molecule has 2 aliphatic rings. The largest absolute Gasteiger partial charge is 0.493 e. The number of benzene rings is 2. The summed E-state index contributed by atoms with van der Waals surface area (Å²) >= 11 is 0. The van der Waals surface area contributed by atoms with Gasteiger partial charge >= 0.3 is 0 Å². The Bertz CT molecular complexity index is 974. The number of fused-ring (bicyclic) bond motifs is 3. The lowest BCUT2D eigenvalue weighted by Gasteiger charge is -2.43. The molecule has 0 saturated carbocycles. The number of methoxy groups -OCH3 is 2. The molecule has 2 aliphatic heterocycles. The van der Waals surface area contributed by atoms with Gasteiger partial charge in [0.15, 0.2) is 11.5 Å². The number of anilines is 1. The van der Waals surface area contributed by atoms with E-state index >= 15 is 0 Å². The highest BCUT2D eigenvalue weighted by atomic mass is 16.5. The van der Waals surface area contributed by atoms with E-state index < -0.39 is 0 Å². The Balaban J connectivity index is 1.47. The Morgan fingerprint density at radius 1 is 1.03 bits per heavy atom. The number of nitrogens with one attached hydrogen (secondary N) is 2. The number of hydrogen-bond donors (Lipinski definition) is 2. The van der Waals surface area contributed by atoms with Gasteiger partial charge in [-0.05, 0) is 66.8 Å². The van der Waals surface area contributed by atoms with Crippen molar-refractivity contribution < 1.29 is 19.1 Å². The van der Waals surface area contributed by atoms with E-state index in [-0.39, 0.29) is 23.9 Å². The summed E-state index contributed by atoms with van der Waals surface area (Å²) in [6.45, 7) is 3.42. The first-order valence-corrected chi connectivity index (χ1v) is 10.7. The summed E-state index contributed by atoms with van der Waals surface area (Å²) in [7, 11) is 3.32. The molecule has 2 atom stereocenters. The molecular formula is C24H29N3O4. The van der Waals surface area contributed by atoms with Crippen LogP contribution in [-0.4, -0.2) is 50.1 Å². The smallest absolute Gasteiger partial charge is 0.251 e. The summed E-state index contributed by atoms with van der Waals surface area (Å²) in [4.78, 5) is 26.5. The number of carbonyl (C=O) groups is 2. The standard InChI is InChI=1S/C24H29N3O4/c1-15(28)25-18-6-4-16(5-7-18)24(29)26-19-9-11-27-10-8-17-12-22(30-2)23(31-3)14-20(17)21(27)13-19/h4-7,12,14,19,21H,8-11,13H2,1-3H3,(H,25,28)(H,26,29). The zero-order chi connectivity index (χ0) is 22.0. The van der Waals surface area contributed by atoms with Gasteiger partial charge in [0.05, 0.1) is 14.2 Å². The summed E-state index contributed by atoms with van der Waals surface area (Å²) < 4.78 is 11.0. The van der Waals surface area contributed by atoms with Crippen molar-refractivity contribution in [2.45, 2.75) is 38.3 Å². The third-order valence-electron chi connectivity index (χ3n) is 6.19. The van der Waals surface area contributed by atoms with Crippen molar-refractivity contribution in [3.63, 3.8) is 0 Å². The predicted octanol–water partition coefficient (Wildman–Crippen LogP) is 3.15. The molecule has 2 aromatic carbocycles. The predicted molar refractivity (Wildman–Crippen MR) is 119 cm³/mol. The number of rotatable bonds is 5. The Hall–Kier alpha value is -3.06. The number of carbonyl (C=O) groups excluding carboxylic acids is 2. The molecule has 2 aromatic rings. The van der Waals surface area contributed by atoms with Crippen LogP contribution in [0.3, 0.4) is 0 Å². The van der Waals surface area contributed by atoms with Crippen LogP contribution < -0.4 is 20.1 Å². The fraction of sp³-hybridized carbons (Fsp3) is 0.417. The van der Waals surface area contributed by atoms with Crippen LogP contribution in [0.5, 0.6) is 11.5 Å². The van der Waals surface area contributed by atoms with E-state index in [4.69, 9.17) is 9.47 Å². The van der Waals surface area contributed by atoms with Crippen molar-refractivity contribution in [3.8, 4) is 11.5 Å².